The molecule has 0 bridgehead atoms. The lowest BCUT2D eigenvalue weighted by Crippen LogP contribution is -2.15. The summed E-state index contributed by atoms with van der Waals surface area (Å²) in [5.41, 5.74) is 0.669. The maximum absolute atomic E-state index is 12.6. The first-order valence-corrected chi connectivity index (χ1v) is 11.3. The number of rotatable bonds is 9. The number of anilines is 1. The van der Waals surface area contributed by atoms with E-state index < -0.39 is 11.9 Å². The number of hydrogen-bond acceptors (Lipinski definition) is 6. The minimum Gasteiger partial charge on any atom is -0.490 e. The molecule has 2 aromatic carbocycles. The Balaban J connectivity index is 2.31. The largest absolute Gasteiger partial charge is 0.490 e. The number of carbonyl (C=O) groups is 2. The zero-order valence-electron chi connectivity index (χ0n) is 17.2. The molecule has 2 rings (SSSR count). The first-order valence-electron chi connectivity index (χ1n) is 9.42. The lowest BCUT2D eigenvalue weighted by molar-refractivity contribution is -0.145. The molecule has 0 spiro atoms. The highest BCUT2D eigenvalue weighted by molar-refractivity contribution is 14.1. The van der Waals surface area contributed by atoms with Crippen molar-refractivity contribution in [2.75, 3.05) is 25.1 Å². The molecular weight excluding hydrogens is 570 g/mol. The van der Waals surface area contributed by atoms with Crippen LogP contribution in [0.15, 0.2) is 35.9 Å². The Bertz CT molecular complexity index is 1080. The van der Waals surface area contributed by atoms with Crippen LogP contribution in [-0.4, -0.2) is 31.7 Å². The minimum atomic E-state index is -0.646. The summed E-state index contributed by atoms with van der Waals surface area (Å²) >= 11 is 14.1. The zero-order chi connectivity index (χ0) is 23.7. The molecule has 0 saturated heterocycles. The van der Waals surface area contributed by atoms with Crippen molar-refractivity contribution in [3.8, 4) is 17.6 Å². The Morgan fingerprint density at radius 2 is 1.94 bits per heavy atom. The van der Waals surface area contributed by atoms with Gasteiger partial charge in [-0.1, -0.05) is 29.3 Å². The Labute approximate surface area is 209 Å². The maximum Gasteiger partial charge on any atom is 0.344 e. The SMILES string of the molecule is CCOC(=O)COc1c(I)cc(/C=C(/C#N)C(=O)Nc2cccc(Cl)c2Cl)cc1OCC. The molecule has 168 valence electrons. The molecule has 0 fully saturated rings. The van der Waals surface area contributed by atoms with Crippen LogP contribution in [0.25, 0.3) is 6.08 Å². The van der Waals surface area contributed by atoms with Crippen LogP contribution in [0.2, 0.25) is 10.0 Å². The van der Waals surface area contributed by atoms with Gasteiger partial charge in [-0.2, -0.15) is 5.26 Å². The van der Waals surface area contributed by atoms with Crippen molar-refractivity contribution in [2.45, 2.75) is 13.8 Å². The molecule has 0 aliphatic rings. The third-order valence-electron chi connectivity index (χ3n) is 3.85. The van der Waals surface area contributed by atoms with Crippen LogP contribution < -0.4 is 14.8 Å². The summed E-state index contributed by atoms with van der Waals surface area (Å²) in [5.74, 6) is -0.415. The molecule has 7 nitrogen and oxygen atoms in total. The Morgan fingerprint density at radius 1 is 1.19 bits per heavy atom. The molecule has 1 N–H and O–H groups in total. The highest BCUT2D eigenvalue weighted by atomic mass is 127. The van der Waals surface area contributed by atoms with Gasteiger partial charge in [-0.25, -0.2) is 4.79 Å². The molecule has 0 aliphatic heterocycles. The van der Waals surface area contributed by atoms with E-state index in [2.05, 4.69) is 5.32 Å². The van der Waals surface area contributed by atoms with Crippen LogP contribution in [0.4, 0.5) is 5.69 Å². The molecule has 10 heteroatoms. The van der Waals surface area contributed by atoms with Crippen LogP contribution in [0.1, 0.15) is 19.4 Å². The van der Waals surface area contributed by atoms with Gasteiger partial charge in [0.15, 0.2) is 18.1 Å². The minimum absolute atomic E-state index is 0.153. The monoisotopic (exact) mass is 588 g/mol. The van der Waals surface area contributed by atoms with E-state index in [0.29, 0.717) is 27.2 Å². The van der Waals surface area contributed by atoms with Crippen molar-refractivity contribution in [1.29, 1.82) is 5.26 Å². The van der Waals surface area contributed by atoms with Gasteiger partial charge in [0.05, 0.1) is 32.5 Å². The first-order chi connectivity index (χ1) is 15.3. The second-order valence-electron chi connectivity index (χ2n) is 6.08. The van der Waals surface area contributed by atoms with Crippen LogP contribution >= 0.6 is 45.8 Å². The molecule has 1 amide bonds. The summed E-state index contributed by atoms with van der Waals surface area (Å²) in [7, 11) is 0. The van der Waals surface area contributed by atoms with Crippen molar-refractivity contribution in [3.63, 3.8) is 0 Å². The lowest BCUT2D eigenvalue weighted by Gasteiger charge is -2.14. The first kappa shape index (κ1) is 25.8. The van der Waals surface area contributed by atoms with Crippen molar-refractivity contribution in [2.24, 2.45) is 0 Å². The van der Waals surface area contributed by atoms with E-state index in [1.165, 1.54) is 6.08 Å². The van der Waals surface area contributed by atoms with Gasteiger partial charge in [0, 0.05) is 0 Å². The molecule has 0 saturated carbocycles. The highest BCUT2D eigenvalue weighted by Crippen LogP contribution is 2.35. The van der Waals surface area contributed by atoms with Gasteiger partial charge in [0.25, 0.3) is 5.91 Å². The predicted octanol–water partition coefficient (Wildman–Crippen LogP) is 5.48. The van der Waals surface area contributed by atoms with Gasteiger partial charge in [0.1, 0.15) is 11.6 Å². The molecule has 0 atom stereocenters. The highest BCUT2D eigenvalue weighted by Gasteiger charge is 2.17. The fourth-order valence-corrected chi connectivity index (χ4v) is 3.64. The van der Waals surface area contributed by atoms with Crippen LogP contribution in [0, 0.1) is 14.9 Å². The summed E-state index contributed by atoms with van der Waals surface area (Å²) in [6.45, 7) is 3.83. The summed E-state index contributed by atoms with van der Waals surface area (Å²) in [5, 5.41) is 12.5. The number of amides is 1. The van der Waals surface area contributed by atoms with Gasteiger partial charge in [0.2, 0.25) is 0 Å². The van der Waals surface area contributed by atoms with E-state index in [-0.39, 0.29) is 34.5 Å². The summed E-state index contributed by atoms with van der Waals surface area (Å²) in [6, 6.07) is 9.98. The Morgan fingerprint density at radius 3 is 2.59 bits per heavy atom. The number of esters is 1. The van der Waals surface area contributed by atoms with Gasteiger partial charge < -0.3 is 19.5 Å². The smallest absolute Gasteiger partial charge is 0.344 e. The predicted molar refractivity (Wildman–Crippen MR) is 131 cm³/mol. The van der Waals surface area contributed by atoms with E-state index in [1.54, 1.807) is 44.2 Å². The third kappa shape index (κ3) is 7.02. The second-order valence-corrected chi connectivity index (χ2v) is 8.03. The van der Waals surface area contributed by atoms with E-state index >= 15 is 0 Å². The summed E-state index contributed by atoms with van der Waals surface area (Å²) in [4.78, 5) is 24.2. The Hall–Kier alpha value is -2.48. The average Bonchev–Trinajstić information content (AvgIpc) is 2.75. The number of benzene rings is 2. The molecule has 32 heavy (non-hydrogen) atoms. The fourth-order valence-electron chi connectivity index (χ4n) is 2.51. The van der Waals surface area contributed by atoms with Gasteiger partial charge in [-0.3, -0.25) is 4.79 Å². The Kier molecular flexibility index (Phi) is 10.1. The van der Waals surface area contributed by atoms with Crippen molar-refractivity contribution < 1.29 is 23.8 Å². The molecule has 0 aromatic heterocycles. The average molecular weight is 589 g/mol. The third-order valence-corrected chi connectivity index (χ3v) is 5.47. The quantitative estimate of drug-likeness (QED) is 0.180. The number of nitriles is 1. The van der Waals surface area contributed by atoms with E-state index in [1.807, 2.05) is 28.7 Å². The molecular formula is C22H19Cl2IN2O5. The number of halogens is 3. The maximum atomic E-state index is 12.6. The van der Waals surface area contributed by atoms with Crippen molar-refractivity contribution in [1.82, 2.24) is 0 Å². The number of carbonyl (C=O) groups excluding carboxylic acids is 2. The summed E-state index contributed by atoms with van der Waals surface area (Å²) < 4.78 is 16.7. The normalized spacial score (nSPS) is 10.8. The molecule has 0 heterocycles. The lowest BCUT2D eigenvalue weighted by atomic mass is 10.1. The topological polar surface area (TPSA) is 97.7 Å². The number of ether oxygens (including phenoxy) is 3. The van der Waals surface area contributed by atoms with Crippen LogP contribution in [-0.2, 0) is 14.3 Å². The van der Waals surface area contributed by atoms with Crippen molar-refractivity contribution in [3.05, 3.63) is 55.1 Å². The van der Waals surface area contributed by atoms with Crippen molar-refractivity contribution >= 4 is 69.4 Å². The molecule has 0 radical (unpaired) electrons. The molecule has 2 aromatic rings. The van der Waals surface area contributed by atoms with E-state index in [4.69, 9.17) is 37.4 Å². The zero-order valence-corrected chi connectivity index (χ0v) is 20.9. The van der Waals surface area contributed by atoms with Gasteiger partial charge in [-0.05, 0) is 72.3 Å². The molecule has 0 unspecified atom stereocenters. The van der Waals surface area contributed by atoms with Crippen LogP contribution in [0.5, 0.6) is 11.5 Å². The standard InChI is InChI=1S/C22H19Cl2IN2O5/c1-3-30-18-10-13(9-16(25)21(18)32-12-19(28)31-4-2)8-14(11-26)22(29)27-17-7-5-6-15(23)20(17)24/h5-10H,3-4,12H2,1-2H3,(H,27,29)/b14-8-. The van der Waals surface area contributed by atoms with Gasteiger partial charge in [-0.15, -0.1) is 0 Å². The number of nitrogens with one attached hydrogen (secondary N) is 1. The number of hydrogen-bond donors (Lipinski definition) is 1. The van der Waals surface area contributed by atoms with E-state index in [9.17, 15) is 14.9 Å². The van der Waals surface area contributed by atoms with E-state index in [0.717, 1.165) is 0 Å². The van der Waals surface area contributed by atoms with Gasteiger partial charge >= 0.3 is 5.97 Å². The molecule has 0 aliphatic carbocycles. The fraction of sp³-hybridized carbons (Fsp3) is 0.227. The second kappa shape index (κ2) is 12.5. The van der Waals surface area contributed by atoms with Crippen LogP contribution in [0.3, 0.4) is 0 Å². The summed E-state index contributed by atoms with van der Waals surface area (Å²) in [6.07, 6.45) is 1.41. The number of nitrogens with zero attached hydrogens (tertiary/aromatic N) is 1.